The molecule has 1 aliphatic carbocycles. The number of hydrogen-bond acceptors (Lipinski definition) is 3. The molecular formula is C48H38N3P. The molecule has 0 bridgehead atoms. The van der Waals surface area contributed by atoms with E-state index in [1.54, 1.807) is 0 Å². The van der Waals surface area contributed by atoms with Gasteiger partial charge in [0.05, 0.1) is 11.4 Å². The summed E-state index contributed by atoms with van der Waals surface area (Å²) in [6, 6.07) is 68.2. The van der Waals surface area contributed by atoms with Gasteiger partial charge in [0.2, 0.25) is 0 Å². The van der Waals surface area contributed by atoms with Crippen molar-refractivity contribution in [2.24, 2.45) is 0 Å². The van der Waals surface area contributed by atoms with Crippen LogP contribution in [0.5, 0.6) is 0 Å². The maximum atomic E-state index is 2.55. The molecule has 0 aromatic heterocycles. The molecule has 0 amide bonds. The number of fused-ring (bicyclic) bond motifs is 1. The fourth-order valence-electron chi connectivity index (χ4n) is 7.23. The summed E-state index contributed by atoms with van der Waals surface area (Å²) in [7, 11) is -0.993. The first-order valence-electron chi connectivity index (χ1n) is 17.9. The predicted molar refractivity (Wildman–Crippen MR) is 223 cm³/mol. The van der Waals surface area contributed by atoms with Gasteiger partial charge in [0.15, 0.2) is 0 Å². The molecule has 0 N–H and O–H groups in total. The van der Waals surface area contributed by atoms with E-state index in [9.17, 15) is 0 Å². The molecule has 7 aromatic carbocycles. The Labute approximate surface area is 307 Å². The highest BCUT2D eigenvalue weighted by Gasteiger charge is 2.40. The van der Waals surface area contributed by atoms with Crippen molar-refractivity contribution in [2.75, 3.05) is 14.2 Å². The van der Waals surface area contributed by atoms with Crippen molar-refractivity contribution < 1.29 is 0 Å². The van der Waals surface area contributed by atoms with Gasteiger partial charge in [0.25, 0.3) is 0 Å². The molecule has 1 unspecified atom stereocenters. The van der Waals surface area contributed by atoms with E-state index in [-0.39, 0.29) is 0 Å². The SMILES string of the molecule is C1=CC(c2ccc(N(c3ccc(-c4ccccc4)cc3)c3ccc4c(c3)N(c3ccccc3)P(c3ccccc3)N4c3ccccc3)cc2)=CCC1. The minimum absolute atomic E-state index is 0.993. The quantitative estimate of drug-likeness (QED) is 0.147. The number of anilines is 7. The van der Waals surface area contributed by atoms with Crippen LogP contribution in [0.2, 0.25) is 0 Å². The number of para-hydroxylation sites is 2. The topological polar surface area (TPSA) is 9.72 Å². The molecule has 250 valence electrons. The number of rotatable bonds is 8. The summed E-state index contributed by atoms with van der Waals surface area (Å²) < 4.78 is 5.09. The van der Waals surface area contributed by atoms with Crippen LogP contribution >= 0.6 is 8.22 Å². The van der Waals surface area contributed by atoms with Gasteiger partial charge in [0, 0.05) is 33.7 Å². The highest BCUT2D eigenvalue weighted by Crippen LogP contribution is 2.65. The van der Waals surface area contributed by atoms with Crippen molar-refractivity contribution in [1.82, 2.24) is 0 Å². The molecule has 9 rings (SSSR count). The van der Waals surface area contributed by atoms with Gasteiger partial charge in [-0.2, -0.15) is 0 Å². The van der Waals surface area contributed by atoms with Crippen molar-refractivity contribution in [3.8, 4) is 11.1 Å². The predicted octanol–water partition coefficient (Wildman–Crippen LogP) is 13.5. The lowest BCUT2D eigenvalue weighted by molar-refractivity contribution is 1.04. The van der Waals surface area contributed by atoms with Crippen molar-refractivity contribution >= 4 is 58.9 Å². The van der Waals surface area contributed by atoms with E-state index < -0.39 is 8.22 Å². The number of nitrogens with zero attached hydrogens (tertiary/aromatic N) is 3. The van der Waals surface area contributed by atoms with E-state index in [0.717, 1.165) is 29.9 Å². The standard InChI is InChI=1S/C48H38N3P/c1-6-16-37(17-7-1)39-26-30-41(31-27-39)49(42-32-28-40(29-33-42)38-18-8-2-9-19-38)45-34-35-47-48(36-45)51(44-22-12-4-13-23-44)52(46-24-14-5-15-25-46)50(47)43-20-10-3-11-21-43/h1,3-8,10-36H,2,9H2. The molecule has 52 heavy (non-hydrogen) atoms. The van der Waals surface area contributed by atoms with Gasteiger partial charge in [-0.15, -0.1) is 0 Å². The second-order valence-electron chi connectivity index (χ2n) is 13.0. The lowest BCUT2D eigenvalue weighted by Gasteiger charge is -2.32. The van der Waals surface area contributed by atoms with E-state index >= 15 is 0 Å². The zero-order chi connectivity index (χ0) is 34.7. The Morgan fingerprint density at radius 3 is 1.50 bits per heavy atom. The van der Waals surface area contributed by atoms with Crippen LogP contribution in [-0.4, -0.2) is 0 Å². The smallest absolute Gasteiger partial charge is 0.138 e. The number of hydrogen-bond donors (Lipinski definition) is 0. The first kappa shape index (κ1) is 31.8. The van der Waals surface area contributed by atoms with Crippen LogP contribution in [0.3, 0.4) is 0 Å². The minimum Gasteiger partial charge on any atom is -0.310 e. The van der Waals surface area contributed by atoms with E-state index in [1.165, 1.54) is 50.3 Å². The Morgan fingerprint density at radius 1 is 0.423 bits per heavy atom. The number of allylic oxidation sites excluding steroid dienone is 4. The lowest BCUT2D eigenvalue weighted by Crippen LogP contribution is -2.22. The molecule has 0 fully saturated rings. The third-order valence-corrected chi connectivity index (χ3v) is 12.1. The average molecular weight is 688 g/mol. The maximum Gasteiger partial charge on any atom is 0.138 e. The lowest BCUT2D eigenvalue weighted by atomic mass is 9.99. The van der Waals surface area contributed by atoms with Crippen LogP contribution in [-0.2, 0) is 0 Å². The van der Waals surface area contributed by atoms with E-state index in [4.69, 9.17) is 0 Å². The van der Waals surface area contributed by atoms with E-state index in [0.29, 0.717) is 0 Å². The Hall–Kier alpha value is -6.15. The molecular weight excluding hydrogens is 650 g/mol. The van der Waals surface area contributed by atoms with Gasteiger partial charge in [-0.05, 0) is 102 Å². The monoisotopic (exact) mass is 687 g/mol. The Morgan fingerprint density at radius 2 is 0.923 bits per heavy atom. The van der Waals surface area contributed by atoms with Crippen LogP contribution in [0.4, 0.5) is 39.8 Å². The van der Waals surface area contributed by atoms with Gasteiger partial charge >= 0.3 is 0 Å². The summed E-state index contributed by atoms with van der Waals surface area (Å²) in [5, 5.41) is 1.29. The first-order chi connectivity index (χ1) is 25.8. The zero-order valence-corrected chi connectivity index (χ0v) is 29.7. The molecule has 1 atom stereocenters. The summed E-state index contributed by atoms with van der Waals surface area (Å²) in [5.41, 5.74) is 13.0. The van der Waals surface area contributed by atoms with Crippen molar-refractivity contribution in [3.05, 3.63) is 212 Å². The summed E-state index contributed by atoms with van der Waals surface area (Å²) in [6.45, 7) is 0. The molecule has 3 nitrogen and oxygen atoms in total. The van der Waals surface area contributed by atoms with Gasteiger partial charge in [0.1, 0.15) is 8.22 Å². The second kappa shape index (κ2) is 14.2. The van der Waals surface area contributed by atoms with Crippen molar-refractivity contribution in [3.63, 3.8) is 0 Å². The third-order valence-electron chi connectivity index (χ3n) is 9.73. The van der Waals surface area contributed by atoms with Crippen molar-refractivity contribution in [1.29, 1.82) is 0 Å². The van der Waals surface area contributed by atoms with Crippen LogP contribution in [0.1, 0.15) is 18.4 Å². The summed E-state index contributed by atoms with van der Waals surface area (Å²) >= 11 is 0. The zero-order valence-electron chi connectivity index (χ0n) is 28.8. The van der Waals surface area contributed by atoms with E-state index in [1.807, 2.05) is 0 Å². The van der Waals surface area contributed by atoms with Crippen LogP contribution in [0.25, 0.3) is 16.7 Å². The van der Waals surface area contributed by atoms with E-state index in [2.05, 4.69) is 221 Å². The Kier molecular flexibility index (Phi) is 8.70. The minimum atomic E-state index is -0.993. The number of benzene rings is 7. The molecule has 1 aliphatic heterocycles. The van der Waals surface area contributed by atoms with Gasteiger partial charge in [-0.1, -0.05) is 140 Å². The average Bonchev–Trinajstić information content (AvgIpc) is 3.58. The Balaban J connectivity index is 1.21. The maximum absolute atomic E-state index is 2.55. The molecule has 0 spiro atoms. The highest BCUT2D eigenvalue weighted by atomic mass is 31.1. The van der Waals surface area contributed by atoms with Gasteiger partial charge < -0.3 is 4.90 Å². The highest BCUT2D eigenvalue weighted by molar-refractivity contribution is 7.70. The fraction of sp³-hybridized carbons (Fsp3) is 0.0417. The molecule has 0 radical (unpaired) electrons. The molecule has 4 heteroatoms. The summed E-state index contributed by atoms with van der Waals surface area (Å²) in [5.74, 6) is 0. The summed E-state index contributed by atoms with van der Waals surface area (Å²) in [4.78, 5) is 2.39. The van der Waals surface area contributed by atoms with Gasteiger partial charge in [-0.3, -0.25) is 9.34 Å². The Bertz CT molecular complexity index is 2340. The largest absolute Gasteiger partial charge is 0.310 e. The third kappa shape index (κ3) is 6.10. The van der Waals surface area contributed by atoms with Crippen LogP contribution < -0.4 is 19.5 Å². The molecule has 2 aliphatic rings. The van der Waals surface area contributed by atoms with Crippen LogP contribution in [0.15, 0.2) is 206 Å². The normalized spacial score (nSPS) is 14.9. The molecule has 7 aromatic rings. The fourth-order valence-corrected chi connectivity index (χ4v) is 9.75. The van der Waals surface area contributed by atoms with Gasteiger partial charge in [-0.25, -0.2) is 0 Å². The first-order valence-corrected chi connectivity index (χ1v) is 19.2. The molecule has 0 saturated heterocycles. The molecule has 1 heterocycles. The summed E-state index contributed by atoms with van der Waals surface area (Å²) in [6.07, 6.45) is 9.07. The molecule has 0 saturated carbocycles. The second-order valence-corrected chi connectivity index (χ2v) is 14.9. The van der Waals surface area contributed by atoms with Crippen LogP contribution in [0, 0.1) is 0 Å². The van der Waals surface area contributed by atoms with Crippen molar-refractivity contribution in [2.45, 2.75) is 12.8 Å².